The number of amides is 3. The number of hydrogen-bond donors (Lipinski definition) is 1. The maximum atomic E-state index is 12.8. The molecule has 0 aromatic heterocycles. The summed E-state index contributed by atoms with van der Waals surface area (Å²) in [7, 11) is 0. The number of ether oxygens (including phenoxy) is 3. The summed E-state index contributed by atoms with van der Waals surface area (Å²) in [5.41, 5.74) is -0.425. The van der Waals surface area contributed by atoms with E-state index < -0.39 is 5.54 Å². The summed E-state index contributed by atoms with van der Waals surface area (Å²) in [6.45, 7) is 2.86. The predicted molar refractivity (Wildman–Crippen MR) is 79.1 cm³/mol. The molecule has 2 saturated heterocycles. The average Bonchev–Trinajstić information content (AvgIpc) is 3.25. The summed E-state index contributed by atoms with van der Waals surface area (Å²) in [5, 5.41) is 2.80. The van der Waals surface area contributed by atoms with Crippen LogP contribution in [-0.2, 0) is 15.1 Å². The second-order valence-corrected chi connectivity index (χ2v) is 6.17. The van der Waals surface area contributed by atoms with E-state index in [-0.39, 0.29) is 24.8 Å². The van der Waals surface area contributed by atoms with Gasteiger partial charge in [-0.25, -0.2) is 4.79 Å². The van der Waals surface area contributed by atoms with Crippen LogP contribution >= 0.6 is 0 Å². The summed E-state index contributed by atoms with van der Waals surface area (Å²) in [6, 6.07) is 4.90. The predicted octanol–water partition coefficient (Wildman–Crippen LogP) is 1.36. The monoisotopic (exact) mass is 318 g/mol. The van der Waals surface area contributed by atoms with Gasteiger partial charge in [0.2, 0.25) is 6.79 Å². The highest BCUT2D eigenvalue weighted by Gasteiger charge is 2.50. The van der Waals surface area contributed by atoms with E-state index in [0.717, 1.165) is 12.8 Å². The molecule has 3 heterocycles. The van der Waals surface area contributed by atoms with Crippen molar-refractivity contribution in [2.75, 3.05) is 19.9 Å². The number of nitrogens with one attached hydrogen (secondary N) is 1. The minimum atomic E-state index is -1.10. The van der Waals surface area contributed by atoms with E-state index in [9.17, 15) is 9.59 Å². The van der Waals surface area contributed by atoms with E-state index >= 15 is 0 Å². The number of urea groups is 1. The first-order valence-electron chi connectivity index (χ1n) is 7.74. The van der Waals surface area contributed by atoms with Gasteiger partial charge in [-0.1, -0.05) is 6.07 Å². The lowest BCUT2D eigenvalue weighted by Gasteiger charge is -2.23. The average molecular weight is 318 g/mol. The lowest BCUT2D eigenvalue weighted by molar-refractivity contribution is -0.132. The third-order valence-electron chi connectivity index (χ3n) is 4.64. The van der Waals surface area contributed by atoms with Crippen LogP contribution in [0.1, 0.15) is 25.3 Å². The van der Waals surface area contributed by atoms with Crippen LogP contribution in [0.25, 0.3) is 0 Å². The van der Waals surface area contributed by atoms with E-state index in [1.165, 1.54) is 4.90 Å². The maximum absolute atomic E-state index is 12.8. The van der Waals surface area contributed by atoms with Crippen LogP contribution in [0.15, 0.2) is 18.2 Å². The van der Waals surface area contributed by atoms with Crippen molar-refractivity contribution >= 4 is 11.9 Å². The molecule has 3 aliphatic rings. The van der Waals surface area contributed by atoms with Crippen molar-refractivity contribution in [2.45, 2.75) is 31.4 Å². The smallest absolute Gasteiger partial charge is 0.325 e. The Bertz CT molecular complexity index is 670. The number of rotatable bonds is 3. The third kappa shape index (κ3) is 2.23. The van der Waals surface area contributed by atoms with Crippen molar-refractivity contribution in [3.63, 3.8) is 0 Å². The minimum Gasteiger partial charge on any atom is -0.454 e. The highest BCUT2D eigenvalue weighted by atomic mass is 16.7. The Morgan fingerprint density at radius 1 is 1.30 bits per heavy atom. The van der Waals surface area contributed by atoms with Crippen LogP contribution in [0, 0.1) is 0 Å². The minimum absolute atomic E-state index is 0.0659. The van der Waals surface area contributed by atoms with E-state index in [4.69, 9.17) is 14.2 Å². The van der Waals surface area contributed by atoms with Crippen molar-refractivity contribution in [1.29, 1.82) is 0 Å². The van der Waals surface area contributed by atoms with Gasteiger partial charge in [-0.05, 0) is 37.5 Å². The number of carbonyl (C=O) groups is 2. The molecule has 1 N–H and O–H groups in total. The zero-order valence-electron chi connectivity index (χ0n) is 12.8. The molecular formula is C16H18N2O5. The van der Waals surface area contributed by atoms with Crippen molar-refractivity contribution in [1.82, 2.24) is 10.2 Å². The summed E-state index contributed by atoms with van der Waals surface area (Å²) in [5.74, 6) is 0.963. The molecular weight excluding hydrogens is 300 g/mol. The Morgan fingerprint density at radius 3 is 2.91 bits per heavy atom. The summed E-state index contributed by atoms with van der Waals surface area (Å²) >= 11 is 0. The summed E-state index contributed by atoms with van der Waals surface area (Å²) < 4.78 is 16.2. The Kier molecular flexibility index (Phi) is 3.19. The lowest BCUT2D eigenvalue weighted by Crippen LogP contribution is -2.42. The van der Waals surface area contributed by atoms with Gasteiger partial charge >= 0.3 is 6.03 Å². The first-order valence-corrected chi connectivity index (χ1v) is 7.74. The molecule has 0 bridgehead atoms. The molecule has 0 radical (unpaired) electrons. The van der Waals surface area contributed by atoms with Crippen molar-refractivity contribution < 1.29 is 23.8 Å². The molecule has 1 aromatic carbocycles. The van der Waals surface area contributed by atoms with Gasteiger partial charge in [0.1, 0.15) is 5.54 Å². The van der Waals surface area contributed by atoms with E-state index in [2.05, 4.69) is 5.32 Å². The van der Waals surface area contributed by atoms with Gasteiger partial charge in [0, 0.05) is 6.61 Å². The van der Waals surface area contributed by atoms with Gasteiger partial charge in [0.25, 0.3) is 5.91 Å². The summed E-state index contributed by atoms with van der Waals surface area (Å²) in [4.78, 5) is 26.4. The molecule has 2 fully saturated rings. The van der Waals surface area contributed by atoms with Gasteiger partial charge in [-0.15, -0.1) is 0 Å². The quantitative estimate of drug-likeness (QED) is 0.852. The maximum Gasteiger partial charge on any atom is 0.325 e. The van der Waals surface area contributed by atoms with Crippen LogP contribution in [0.3, 0.4) is 0 Å². The topological polar surface area (TPSA) is 77.1 Å². The zero-order valence-corrected chi connectivity index (χ0v) is 12.8. The molecule has 7 nitrogen and oxygen atoms in total. The molecule has 7 heteroatoms. The number of benzene rings is 1. The highest BCUT2D eigenvalue weighted by molar-refractivity contribution is 6.07. The molecule has 122 valence electrons. The lowest BCUT2D eigenvalue weighted by atomic mass is 9.91. The Labute approximate surface area is 133 Å². The van der Waals surface area contributed by atoms with Crippen LogP contribution in [-0.4, -0.2) is 42.9 Å². The molecule has 2 atom stereocenters. The van der Waals surface area contributed by atoms with Gasteiger partial charge in [-0.3, -0.25) is 9.69 Å². The van der Waals surface area contributed by atoms with E-state index in [1.807, 2.05) is 0 Å². The van der Waals surface area contributed by atoms with Crippen LogP contribution in [0.5, 0.6) is 11.5 Å². The fourth-order valence-electron chi connectivity index (χ4n) is 3.26. The number of imide groups is 1. The molecule has 4 rings (SSSR count). The molecule has 3 amide bonds. The molecule has 0 aliphatic carbocycles. The SMILES string of the molecule is C[C@]1(c2ccc3c(c2)OCO3)NC(=O)N(C[C@@H]2CCCO2)C1=O. The van der Waals surface area contributed by atoms with Crippen molar-refractivity contribution in [3.05, 3.63) is 23.8 Å². The second-order valence-electron chi connectivity index (χ2n) is 6.17. The largest absolute Gasteiger partial charge is 0.454 e. The number of hydrogen-bond acceptors (Lipinski definition) is 5. The first kappa shape index (κ1) is 14.3. The van der Waals surface area contributed by atoms with Crippen molar-refractivity contribution in [3.8, 4) is 11.5 Å². The molecule has 0 unspecified atom stereocenters. The Morgan fingerprint density at radius 2 is 2.13 bits per heavy atom. The highest BCUT2D eigenvalue weighted by Crippen LogP contribution is 2.38. The Hall–Kier alpha value is -2.28. The standard InChI is InChI=1S/C16H18N2O5/c1-16(10-4-5-12-13(7-10)23-9-22-12)14(19)18(15(20)17-16)8-11-3-2-6-21-11/h4-5,7,11H,2-3,6,8-9H2,1H3,(H,17,20)/t11-,16+/m0/s1. The fourth-order valence-corrected chi connectivity index (χ4v) is 3.26. The molecule has 23 heavy (non-hydrogen) atoms. The second kappa shape index (κ2) is 5.13. The van der Waals surface area contributed by atoms with Crippen molar-refractivity contribution in [2.24, 2.45) is 0 Å². The number of nitrogens with zero attached hydrogens (tertiary/aromatic N) is 1. The van der Waals surface area contributed by atoms with E-state index in [0.29, 0.717) is 30.2 Å². The fraction of sp³-hybridized carbons (Fsp3) is 0.500. The van der Waals surface area contributed by atoms with E-state index in [1.54, 1.807) is 25.1 Å². The van der Waals surface area contributed by atoms with Gasteiger partial charge < -0.3 is 19.5 Å². The Balaban J connectivity index is 1.60. The number of fused-ring (bicyclic) bond motifs is 1. The molecule has 3 aliphatic heterocycles. The molecule has 1 aromatic rings. The van der Waals surface area contributed by atoms with Gasteiger partial charge in [-0.2, -0.15) is 0 Å². The molecule has 0 saturated carbocycles. The third-order valence-corrected chi connectivity index (χ3v) is 4.64. The van der Waals surface area contributed by atoms with Crippen LogP contribution in [0.4, 0.5) is 4.79 Å². The first-order chi connectivity index (χ1) is 11.1. The van der Waals surface area contributed by atoms with Gasteiger partial charge in [0.15, 0.2) is 11.5 Å². The normalized spacial score (nSPS) is 29.3. The summed E-state index contributed by atoms with van der Waals surface area (Å²) in [6.07, 6.45) is 1.77. The van der Waals surface area contributed by atoms with Crippen LogP contribution in [0.2, 0.25) is 0 Å². The zero-order chi connectivity index (χ0) is 16.0. The van der Waals surface area contributed by atoms with Crippen LogP contribution < -0.4 is 14.8 Å². The number of carbonyl (C=O) groups excluding carboxylic acids is 2. The molecule has 0 spiro atoms. The van der Waals surface area contributed by atoms with Gasteiger partial charge in [0.05, 0.1) is 12.6 Å².